The highest BCUT2D eigenvalue weighted by atomic mass is 19.1. The van der Waals surface area contributed by atoms with Gasteiger partial charge < -0.3 is 15.8 Å². The number of hydrogen-bond donors (Lipinski definition) is 2. The molecule has 2 amide bonds. The molecule has 0 saturated carbocycles. The fourth-order valence-electron chi connectivity index (χ4n) is 4.69. The Hall–Kier alpha value is -3.53. The zero-order valence-corrected chi connectivity index (χ0v) is 20.3. The zero-order chi connectivity index (χ0) is 25.1. The number of carbonyl (C=O) groups excluding carboxylic acids is 2. The number of amides is 2. The van der Waals surface area contributed by atoms with E-state index in [-0.39, 0.29) is 29.1 Å². The highest BCUT2D eigenvalue weighted by Gasteiger charge is 2.22. The third-order valence-corrected chi connectivity index (χ3v) is 6.65. The number of likely N-dealkylation sites (tertiary alicyclic amines) is 1. The molecule has 0 spiro atoms. The summed E-state index contributed by atoms with van der Waals surface area (Å²) in [6.45, 7) is 6.10. The lowest BCUT2D eigenvalue weighted by atomic mass is 10.0. The van der Waals surface area contributed by atoms with Gasteiger partial charge in [0.2, 0.25) is 5.91 Å². The molecule has 2 aromatic heterocycles. The Balaban J connectivity index is 1.28. The second-order valence-electron chi connectivity index (χ2n) is 9.01. The number of hydrogen-bond acceptors (Lipinski definition) is 6. The van der Waals surface area contributed by atoms with E-state index in [1.54, 1.807) is 10.6 Å². The van der Waals surface area contributed by atoms with Crippen LogP contribution < -0.4 is 15.8 Å². The molecule has 3 heterocycles. The summed E-state index contributed by atoms with van der Waals surface area (Å²) in [5, 5.41) is 7.38. The number of halogens is 1. The minimum Gasteiger partial charge on any atom is -0.494 e. The molecular formula is C25H31FN6O3. The largest absolute Gasteiger partial charge is 0.494 e. The first-order chi connectivity index (χ1) is 16.8. The molecular weight excluding hydrogens is 451 g/mol. The van der Waals surface area contributed by atoms with E-state index in [9.17, 15) is 14.0 Å². The summed E-state index contributed by atoms with van der Waals surface area (Å²) in [4.78, 5) is 31.0. The van der Waals surface area contributed by atoms with E-state index in [1.165, 1.54) is 19.4 Å². The molecule has 0 radical (unpaired) electrons. The van der Waals surface area contributed by atoms with Gasteiger partial charge in [0.15, 0.2) is 17.2 Å². The topological polar surface area (TPSA) is 115 Å². The van der Waals surface area contributed by atoms with Crippen LogP contribution in [0.2, 0.25) is 0 Å². The van der Waals surface area contributed by atoms with Gasteiger partial charge in [-0.05, 0) is 56.4 Å². The minimum atomic E-state index is -0.569. The summed E-state index contributed by atoms with van der Waals surface area (Å²) in [6, 6.07) is 5.17. The molecule has 10 heteroatoms. The normalized spacial score (nSPS) is 14.9. The first-order valence-corrected chi connectivity index (χ1v) is 11.7. The van der Waals surface area contributed by atoms with E-state index >= 15 is 0 Å². The van der Waals surface area contributed by atoms with Gasteiger partial charge in [-0.3, -0.25) is 14.5 Å². The van der Waals surface area contributed by atoms with Gasteiger partial charge in [-0.2, -0.15) is 5.10 Å². The fourth-order valence-corrected chi connectivity index (χ4v) is 4.69. The quantitative estimate of drug-likeness (QED) is 0.509. The molecule has 186 valence electrons. The highest BCUT2D eigenvalue weighted by molar-refractivity contribution is 5.98. The summed E-state index contributed by atoms with van der Waals surface area (Å²) < 4.78 is 20.5. The van der Waals surface area contributed by atoms with Gasteiger partial charge in [0.25, 0.3) is 5.91 Å². The molecule has 1 aliphatic heterocycles. The van der Waals surface area contributed by atoms with Crippen LogP contribution in [0.1, 0.15) is 52.1 Å². The monoisotopic (exact) mass is 482 g/mol. The van der Waals surface area contributed by atoms with Crippen LogP contribution >= 0.6 is 0 Å². The number of methoxy groups -OCH3 is 1. The van der Waals surface area contributed by atoms with E-state index in [0.717, 1.165) is 48.4 Å². The second-order valence-corrected chi connectivity index (χ2v) is 9.01. The Morgan fingerprint density at radius 3 is 2.66 bits per heavy atom. The maximum Gasteiger partial charge on any atom is 0.254 e. The van der Waals surface area contributed by atoms with Crippen molar-refractivity contribution in [3.63, 3.8) is 0 Å². The molecule has 4 rings (SSSR count). The number of piperidine rings is 1. The van der Waals surface area contributed by atoms with Crippen LogP contribution in [0, 0.1) is 19.7 Å². The van der Waals surface area contributed by atoms with Gasteiger partial charge in [-0.1, -0.05) is 6.07 Å². The van der Waals surface area contributed by atoms with Crippen LogP contribution in [0.3, 0.4) is 0 Å². The van der Waals surface area contributed by atoms with Gasteiger partial charge in [0, 0.05) is 43.5 Å². The van der Waals surface area contributed by atoms with E-state index in [0.29, 0.717) is 25.0 Å². The van der Waals surface area contributed by atoms with Crippen molar-refractivity contribution in [3.8, 4) is 5.75 Å². The van der Waals surface area contributed by atoms with Crippen molar-refractivity contribution in [1.29, 1.82) is 0 Å². The fraction of sp³-hybridized carbons (Fsp3) is 0.440. The third-order valence-electron chi connectivity index (χ3n) is 6.65. The lowest BCUT2D eigenvalue weighted by Gasteiger charge is -2.32. The van der Waals surface area contributed by atoms with Gasteiger partial charge in [0.1, 0.15) is 5.56 Å². The summed E-state index contributed by atoms with van der Waals surface area (Å²) in [7, 11) is 1.45. The van der Waals surface area contributed by atoms with Gasteiger partial charge in [-0.15, -0.1) is 0 Å². The van der Waals surface area contributed by atoms with Crippen LogP contribution in [0.25, 0.3) is 5.65 Å². The maximum atomic E-state index is 13.9. The number of nitrogens with zero attached hydrogens (tertiary/aromatic N) is 4. The molecule has 0 atom stereocenters. The van der Waals surface area contributed by atoms with E-state index in [1.807, 2.05) is 19.9 Å². The van der Waals surface area contributed by atoms with E-state index in [4.69, 9.17) is 10.5 Å². The molecule has 1 aromatic carbocycles. The Morgan fingerprint density at radius 2 is 2.00 bits per heavy atom. The number of rotatable bonds is 8. The van der Waals surface area contributed by atoms with Crippen LogP contribution in [0.4, 0.5) is 4.39 Å². The number of nitrogens with one attached hydrogen (secondary N) is 1. The zero-order valence-electron chi connectivity index (χ0n) is 20.3. The van der Waals surface area contributed by atoms with Crippen LogP contribution in [-0.2, 0) is 17.8 Å². The SMILES string of the molecule is COc1ccc(CN2CCC(NC(=O)CCc3c(C)nc4c(C(N)=O)cnn4c3C)CC2)cc1F. The molecule has 3 aromatic rings. The number of carbonyl (C=O) groups is 2. The van der Waals surface area contributed by atoms with E-state index < -0.39 is 5.91 Å². The molecule has 1 fully saturated rings. The number of fused-ring (bicyclic) bond motifs is 1. The van der Waals surface area contributed by atoms with Crippen molar-refractivity contribution in [2.24, 2.45) is 5.73 Å². The second kappa shape index (κ2) is 10.4. The maximum absolute atomic E-state index is 13.9. The van der Waals surface area contributed by atoms with Crippen molar-refractivity contribution in [2.75, 3.05) is 20.2 Å². The van der Waals surface area contributed by atoms with Crippen molar-refractivity contribution in [1.82, 2.24) is 24.8 Å². The van der Waals surface area contributed by atoms with E-state index in [2.05, 4.69) is 20.3 Å². The Bertz CT molecular complexity index is 1250. The van der Waals surface area contributed by atoms with Gasteiger partial charge in [-0.25, -0.2) is 13.9 Å². The minimum absolute atomic E-state index is 0.00198. The van der Waals surface area contributed by atoms with Crippen LogP contribution in [0.15, 0.2) is 24.4 Å². The number of primary amides is 1. The van der Waals surface area contributed by atoms with Crippen molar-refractivity contribution < 1.29 is 18.7 Å². The van der Waals surface area contributed by atoms with Crippen molar-refractivity contribution in [2.45, 2.75) is 52.1 Å². The average Bonchev–Trinajstić information content (AvgIpc) is 3.24. The molecule has 35 heavy (non-hydrogen) atoms. The molecule has 1 saturated heterocycles. The van der Waals surface area contributed by atoms with Crippen molar-refractivity contribution in [3.05, 3.63) is 58.3 Å². The number of aryl methyl sites for hydroxylation is 2. The average molecular weight is 483 g/mol. The predicted octanol–water partition coefficient (Wildman–Crippen LogP) is 2.31. The molecule has 9 nitrogen and oxygen atoms in total. The smallest absolute Gasteiger partial charge is 0.254 e. The lowest BCUT2D eigenvalue weighted by molar-refractivity contribution is -0.122. The Kier molecular flexibility index (Phi) is 7.30. The predicted molar refractivity (Wildman–Crippen MR) is 129 cm³/mol. The number of aromatic nitrogens is 3. The molecule has 0 aliphatic carbocycles. The van der Waals surface area contributed by atoms with Crippen LogP contribution in [-0.4, -0.2) is 57.6 Å². The molecule has 0 unspecified atom stereocenters. The summed E-state index contributed by atoms with van der Waals surface area (Å²) in [6.07, 6.45) is 3.98. The standard InChI is InChI=1S/C25H31FN6O3/c1-15-19(16(2)32-25(29-15)20(13-28-32)24(27)34)5-7-23(33)30-18-8-10-31(11-9-18)14-17-4-6-22(35-3)21(26)12-17/h4,6,12-13,18H,5,7-11,14H2,1-3H3,(H2,27,34)(H,30,33). The third kappa shape index (κ3) is 5.43. The number of ether oxygens (including phenoxy) is 1. The summed E-state index contributed by atoms with van der Waals surface area (Å²) in [5.41, 5.74) is 9.57. The highest BCUT2D eigenvalue weighted by Crippen LogP contribution is 2.21. The van der Waals surface area contributed by atoms with Crippen LogP contribution in [0.5, 0.6) is 5.75 Å². The summed E-state index contributed by atoms with van der Waals surface area (Å²) in [5.74, 6) is -0.678. The summed E-state index contributed by atoms with van der Waals surface area (Å²) >= 11 is 0. The first kappa shape index (κ1) is 24.6. The van der Waals surface area contributed by atoms with Gasteiger partial charge >= 0.3 is 0 Å². The lowest BCUT2D eigenvalue weighted by Crippen LogP contribution is -2.44. The number of nitrogens with two attached hydrogens (primary N) is 1. The Morgan fingerprint density at radius 1 is 1.26 bits per heavy atom. The molecule has 1 aliphatic rings. The first-order valence-electron chi connectivity index (χ1n) is 11.7. The number of benzene rings is 1. The van der Waals surface area contributed by atoms with Gasteiger partial charge in [0.05, 0.1) is 13.3 Å². The van der Waals surface area contributed by atoms with Crippen molar-refractivity contribution >= 4 is 17.5 Å². The molecule has 0 bridgehead atoms. The molecule has 3 N–H and O–H groups in total. The Labute approximate surface area is 203 Å².